The number of aromatic amines is 1. The molecule has 2 aromatic heterocycles. The average Bonchev–Trinajstić information content (AvgIpc) is 3.22. The minimum atomic E-state index is 0.623. The Bertz CT molecular complexity index is 1030. The van der Waals surface area contributed by atoms with Gasteiger partial charge < -0.3 is 14.5 Å². The van der Waals surface area contributed by atoms with E-state index in [2.05, 4.69) is 45.3 Å². The first-order valence-corrected chi connectivity index (χ1v) is 10.7. The summed E-state index contributed by atoms with van der Waals surface area (Å²) in [5.41, 5.74) is 5.63. The van der Waals surface area contributed by atoms with E-state index in [0.717, 1.165) is 58.6 Å². The Kier molecular flexibility index (Phi) is 7.66. The van der Waals surface area contributed by atoms with Gasteiger partial charge in [0, 0.05) is 47.3 Å². The average molecular weight is 406 g/mol. The molecule has 30 heavy (non-hydrogen) atoms. The van der Waals surface area contributed by atoms with E-state index in [-0.39, 0.29) is 0 Å². The Morgan fingerprint density at radius 2 is 1.90 bits per heavy atom. The largest absolute Gasteiger partial charge is 0.486 e. The highest BCUT2D eigenvalue weighted by molar-refractivity contribution is 6.10. The van der Waals surface area contributed by atoms with Crippen LogP contribution in [-0.4, -0.2) is 36.4 Å². The van der Waals surface area contributed by atoms with E-state index in [1.807, 2.05) is 39.2 Å². The number of pyridine rings is 1. The number of hydrogen-bond acceptors (Lipinski definition) is 4. The van der Waals surface area contributed by atoms with Crippen molar-refractivity contribution in [2.24, 2.45) is 4.99 Å². The van der Waals surface area contributed by atoms with Gasteiger partial charge in [0.05, 0.1) is 0 Å². The lowest BCUT2D eigenvalue weighted by molar-refractivity contribution is 0.171. The van der Waals surface area contributed by atoms with Crippen molar-refractivity contribution in [2.75, 3.05) is 20.3 Å². The van der Waals surface area contributed by atoms with Gasteiger partial charge in [-0.25, -0.2) is 0 Å². The van der Waals surface area contributed by atoms with Crippen LogP contribution >= 0.6 is 0 Å². The molecule has 1 aromatic carbocycles. The van der Waals surface area contributed by atoms with Gasteiger partial charge in [0.15, 0.2) is 11.5 Å². The topological polar surface area (TPSA) is 59.5 Å². The summed E-state index contributed by atoms with van der Waals surface area (Å²) in [5, 5.41) is 1.12. The standard InChI is InChI=1S/C23H25N3O2.C2H6/c1-3-17(14-24-2)20-12-18-15-25-19(13-21(18)26-20)6-4-5-16-7-8-22-23(11-16)28-10-9-27-22;1-2/h3,7-8,11-15,26H,4-6,9-10H2,1-2H3;1-2H3/b17-3+,24-14?;. The van der Waals surface area contributed by atoms with Crippen molar-refractivity contribution in [3.8, 4) is 11.5 Å². The third-order valence-electron chi connectivity index (χ3n) is 4.96. The second-order valence-corrected chi connectivity index (χ2v) is 6.91. The zero-order chi connectivity index (χ0) is 21.3. The number of aromatic nitrogens is 2. The first kappa shape index (κ1) is 21.6. The van der Waals surface area contributed by atoms with Crippen LogP contribution in [0.15, 0.2) is 47.6 Å². The lowest BCUT2D eigenvalue weighted by atomic mass is 10.1. The van der Waals surface area contributed by atoms with E-state index in [9.17, 15) is 0 Å². The molecule has 4 rings (SSSR count). The van der Waals surface area contributed by atoms with E-state index in [4.69, 9.17) is 9.47 Å². The van der Waals surface area contributed by atoms with Gasteiger partial charge in [-0.1, -0.05) is 26.0 Å². The minimum Gasteiger partial charge on any atom is -0.486 e. The maximum atomic E-state index is 5.67. The van der Waals surface area contributed by atoms with Gasteiger partial charge >= 0.3 is 0 Å². The van der Waals surface area contributed by atoms with Gasteiger partial charge in [-0.3, -0.25) is 9.98 Å². The van der Waals surface area contributed by atoms with Crippen LogP contribution in [0.2, 0.25) is 0 Å². The third kappa shape index (κ3) is 5.09. The maximum Gasteiger partial charge on any atom is 0.161 e. The molecular weight excluding hydrogens is 374 g/mol. The quantitative estimate of drug-likeness (QED) is 0.540. The Balaban J connectivity index is 0.00000124. The molecule has 0 bridgehead atoms. The number of benzene rings is 1. The van der Waals surface area contributed by atoms with Crippen molar-refractivity contribution < 1.29 is 9.47 Å². The summed E-state index contributed by atoms with van der Waals surface area (Å²) in [6.07, 6.45) is 8.83. The molecule has 5 nitrogen and oxygen atoms in total. The van der Waals surface area contributed by atoms with Crippen molar-refractivity contribution in [2.45, 2.75) is 40.0 Å². The van der Waals surface area contributed by atoms with Crippen LogP contribution in [0.1, 0.15) is 44.1 Å². The van der Waals surface area contributed by atoms with E-state index in [1.54, 1.807) is 7.05 Å². The van der Waals surface area contributed by atoms with Crippen molar-refractivity contribution >= 4 is 22.7 Å². The Labute approximate surface area is 178 Å². The molecule has 0 amide bonds. The number of allylic oxidation sites excluding steroid dienone is 2. The van der Waals surface area contributed by atoms with E-state index in [1.165, 1.54) is 5.56 Å². The fourth-order valence-corrected chi connectivity index (χ4v) is 3.52. The number of hydrogen-bond donors (Lipinski definition) is 1. The highest BCUT2D eigenvalue weighted by Crippen LogP contribution is 2.31. The summed E-state index contributed by atoms with van der Waals surface area (Å²) >= 11 is 0. The predicted octanol–water partition coefficient (Wildman–Crippen LogP) is 5.64. The summed E-state index contributed by atoms with van der Waals surface area (Å²) < 4.78 is 11.3. The van der Waals surface area contributed by atoms with Crippen molar-refractivity contribution in [1.29, 1.82) is 0 Å². The third-order valence-corrected chi connectivity index (χ3v) is 4.96. The van der Waals surface area contributed by atoms with Crippen molar-refractivity contribution in [3.63, 3.8) is 0 Å². The Hall–Kier alpha value is -3.08. The van der Waals surface area contributed by atoms with Crippen molar-refractivity contribution in [1.82, 2.24) is 9.97 Å². The summed E-state index contributed by atoms with van der Waals surface area (Å²) in [5.74, 6) is 1.70. The molecule has 0 spiro atoms. The molecular formula is C25H31N3O2. The van der Waals surface area contributed by atoms with E-state index >= 15 is 0 Å². The van der Waals surface area contributed by atoms with Crippen LogP contribution in [-0.2, 0) is 12.8 Å². The normalized spacial score (nSPS) is 13.4. The van der Waals surface area contributed by atoms with E-state index < -0.39 is 0 Å². The minimum absolute atomic E-state index is 0.623. The molecule has 1 aliphatic heterocycles. The van der Waals surface area contributed by atoms with Crippen molar-refractivity contribution in [3.05, 3.63) is 59.6 Å². The van der Waals surface area contributed by atoms with Gasteiger partial charge in [0.25, 0.3) is 0 Å². The van der Waals surface area contributed by atoms with Crippen LogP contribution in [0.4, 0.5) is 0 Å². The van der Waals surface area contributed by atoms with Gasteiger partial charge in [0.2, 0.25) is 0 Å². The number of aliphatic imine (C=N–C) groups is 1. The highest BCUT2D eigenvalue weighted by Gasteiger charge is 2.11. The monoisotopic (exact) mass is 405 g/mol. The fourth-order valence-electron chi connectivity index (χ4n) is 3.52. The van der Waals surface area contributed by atoms with Crippen LogP contribution in [0, 0.1) is 0 Å². The molecule has 0 unspecified atom stereocenters. The number of fused-ring (bicyclic) bond motifs is 2. The van der Waals surface area contributed by atoms with E-state index in [0.29, 0.717) is 13.2 Å². The molecule has 0 fully saturated rings. The highest BCUT2D eigenvalue weighted by atomic mass is 16.6. The number of nitrogens with one attached hydrogen (secondary N) is 1. The number of H-pyrrole nitrogens is 1. The van der Waals surface area contributed by atoms with Crippen LogP contribution in [0.3, 0.4) is 0 Å². The SMILES string of the molecule is C/C=C(\C=NC)c1cc2cnc(CCCc3ccc4c(c3)OCCO4)cc2[nH]1.CC. The Morgan fingerprint density at radius 1 is 1.10 bits per heavy atom. The van der Waals surface area contributed by atoms with Gasteiger partial charge in [-0.15, -0.1) is 0 Å². The fraction of sp³-hybridized carbons (Fsp3) is 0.360. The van der Waals surface area contributed by atoms with Crippen LogP contribution in [0.5, 0.6) is 11.5 Å². The molecule has 5 heteroatoms. The molecule has 3 aromatic rings. The molecule has 0 radical (unpaired) electrons. The summed E-state index contributed by atoms with van der Waals surface area (Å²) in [4.78, 5) is 12.2. The van der Waals surface area contributed by atoms with Gasteiger partial charge in [-0.2, -0.15) is 0 Å². The zero-order valence-electron chi connectivity index (χ0n) is 18.4. The number of rotatable bonds is 6. The first-order valence-electron chi connectivity index (χ1n) is 10.7. The van der Waals surface area contributed by atoms with Crippen LogP contribution in [0.25, 0.3) is 16.5 Å². The maximum absolute atomic E-state index is 5.67. The molecule has 1 aliphatic rings. The molecule has 3 heterocycles. The summed E-state index contributed by atoms with van der Waals surface area (Å²) in [6, 6.07) is 10.5. The molecule has 0 atom stereocenters. The lowest BCUT2D eigenvalue weighted by Crippen LogP contribution is -2.15. The van der Waals surface area contributed by atoms with Gasteiger partial charge in [-0.05, 0) is 56.0 Å². The summed E-state index contributed by atoms with van der Waals surface area (Å²) in [6.45, 7) is 7.27. The smallest absolute Gasteiger partial charge is 0.161 e. The number of ether oxygens (including phenoxy) is 2. The molecule has 0 saturated heterocycles. The second-order valence-electron chi connectivity index (χ2n) is 6.91. The summed E-state index contributed by atoms with van der Waals surface area (Å²) in [7, 11) is 1.79. The second kappa shape index (κ2) is 10.6. The van der Waals surface area contributed by atoms with Crippen LogP contribution < -0.4 is 9.47 Å². The van der Waals surface area contributed by atoms with Gasteiger partial charge in [0.1, 0.15) is 13.2 Å². The number of aryl methyl sites for hydroxylation is 2. The molecule has 0 aliphatic carbocycles. The molecule has 1 N–H and O–H groups in total. The first-order chi connectivity index (χ1) is 14.8. The molecule has 0 saturated carbocycles. The molecule has 158 valence electrons. The number of nitrogens with zero attached hydrogens (tertiary/aromatic N) is 2. The zero-order valence-corrected chi connectivity index (χ0v) is 18.4. The predicted molar refractivity (Wildman–Crippen MR) is 125 cm³/mol. The Morgan fingerprint density at radius 3 is 2.67 bits per heavy atom. The lowest BCUT2D eigenvalue weighted by Gasteiger charge is -2.18.